The summed E-state index contributed by atoms with van der Waals surface area (Å²) >= 11 is 0. The van der Waals surface area contributed by atoms with Crippen LogP contribution in [-0.2, 0) is 9.59 Å². The third kappa shape index (κ3) is 4.34. The molecule has 0 saturated carbocycles. The fourth-order valence-corrected chi connectivity index (χ4v) is 2.12. The van der Waals surface area contributed by atoms with Gasteiger partial charge in [0, 0.05) is 32.0 Å². The summed E-state index contributed by atoms with van der Waals surface area (Å²) in [6.07, 6.45) is 2.83. The van der Waals surface area contributed by atoms with Crippen LogP contribution in [0.3, 0.4) is 0 Å². The highest BCUT2D eigenvalue weighted by molar-refractivity contribution is 5.80. The molecule has 1 heterocycles. The first-order chi connectivity index (χ1) is 8.19. The quantitative estimate of drug-likeness (QED) is 0.717. The van der Waals surface area contributed by atoms with Crippen molar-refractivity contribution in [3.63, 3.8) is 0 Å². The van der Waals surface area contributed by atoms with Crippen LogP contribution in [0.25, 0.3) is 0 Å². The summed E-state index contributed by atoms with van der Waals surface area (Å²) in [5, 5.41) is 2.83. The summed E-state index contributed by atoms with van der Waals surface area (Å²) < 4.78 is 0. The minimum Gasteiger partial charge on any atom is -0.356 e. The predicted molar refractivity (Wildman–Crippen MR) is 66.3 cm³/mol. The number of piperidine rings is 1. The van der Waals surface area contributed by atoms with E-state index in [4.69, 9.17) is 5.73 Å². The second kappa shape index (κ2) is 7.27. The maximum Gasteiger partial charge on any atom is 0.223 e. The van der Waals surface area contributed by atoms with Gasteiger partial charge in [0.15, 0.2) is 0 Å². The summed E-state index contributed by atoms with van der Waals surface area (Å²) in [6, 6.07) is 0. The Morgan fingerprint density at radius 2 is 2.00 bits per heavy atom. The minimum absolute atomic E-state index is 0.0773. The van der Waals surface area contributed by atoms with Crippen LogP contribution in [0.5, 0.6) is 0 Å². The Bertz CT molecular complexity index is 260. The van der Waals surface area contributed by atoms with E-state index in [0.29, 0.717) is 32.6 Å². The van der Waals surface area contributed by atoms with Crippen molar-refractivity contribution in [2.75, 3.05) is 26.2 Å². The molecule has 5 heteroatoms. The molecule has 1 saturated heterocycles. The van der Waals surface area contributed by atoms with Crippen molar-refractivity contribution in [1.82, 2.24) is 10.2 Å². The molecule has 5 nitrogen and oxygen atoms in total. The second-order valence-corrected chi connectivity index (χ2v) is 4.44. The molecule has 0 aromatic rings. The summed E-state index contributed by atoms with van der Waals surface area (Å²) in [6.45, 7) is 4.55. The van der Waals surface area contributed by atoms with Crippen LogP contribution in [-0.4, -0.2) is 42.9 Å². The molecule has 1 rings (SSSR count). The number of hydrogen-bond donors (Lipinski definition) is 2. The molecule has 0 radical (unpaired) electrons. The highest BCUT2D eigenvalue weighted by Crippen LogP contribution is 2.18. The Morgan fingerprint density at radius 1 is 1.35 bits per heavy atom. The Hall–Kier alpha value is -1.10. The van der Waals surface area contributed by atoms with Crippen molar-refractivity contribution in [1.29, 1.82) is 0 Å². The zero-order chi connectivity index (χ0) is 12.7. The second-order valence-electron chi connectivity index (χ2n) is 4.44. The maximum atomic E-state index is 11.7. The van der Waals surface area contributed by atoms with Gasteiger partial charge in [-0.2, -0.15) is 0 Å². The van der Waals surface area contributed by atoms with Crippen molar-refractivity contribution in [3.05, 3.63) is 0 Å². The van der Waals surface area contributed by atoms with Gasteiger partial charge in [0.25, 0.3) is 0 Å². The average Bonchev–Trinajstić information content (AvgIpc) is 2.36. The van der Waals surface area contributed by atoms with E-state index >= 15 is 0 Å². The first kappa shape index (κ1) is 14.0. The number of nitrogens with two attached hydrogens (primary N) is 1. The Balaban J connectivity index is 2.30. The lowest BCUT2D eigenvalue weighted by atomic mass is 9.95. The van der Waals surface area contributed by atoms with Gasteiger partial charge in [0.05, 0.1) is 0 Å². The lowest BCUT2D eigenvalue weighted by Crippen LogP contribution is -2.43. The average molecular weight is 241 g/mol. The van der Waals surface area contributed by atoms with Crippen molar-refractivity contribution in [2.45, 2.75) is 32.6 Å². The van der Waals surface area contributed by atoms with Gasteiger partial charge in [-0.15, -0.1) is 0 Å². The number of nitrogens with zero attached hydrogens (tertiary/aromatic N) is 1. The number of carbonyl (C=O) groups excluding carboxylic acids is 2. The normalized spacial score (nSPS) is 16.9. The number of likely N-dealkylation sites (tertiary alicyclic amines) is 1. The van der Waals surface area contributed by atoms with Crippen LogP contribution in [0.2, 0.25) is 0 Å². The zero-order valence-corrected chi connectivity index (χ0v) is 10.6. The van der Waals surface area contributed by atoms with Crippen LogP contribution in [0.1, 0.15) is 32.6 Å². The van der Waals surface area contributed by atoms with Crippen LogP contribution in [0.4, 0.5) is 0 Å². The Kier molecular flexibility index (Phi) is 5.97. The highest BCUT2D eigenvalue weighted by atomic mass is 16.2. The standard InChI is InChI=1S/C12H23N3O2/c1-2-14-12(17)10-5-8-15(9-6-10)11(16)4-3-7-13/h10H,2-9,13H2,1H3,(H,14,17). The van der Waals surface area contributed by atoms with Crippen molar-refractivity contribution in [3.8, 4) is 0 Å². The van der Waals surface area contributed by atoms with Gasteiger partial charge >= 0.3 is 0 Å². The molecular weight excluding hydrogens is 218 g/mol. The molecule has 2 amide bonds. The number of hydrogen-bond acceptors (Lipinski definition) is 3. The van der Waals surface area contributed by atoms with E-state index in [9.17, 15) is 9.59 Å². The molecule has 0 spiro atoms. The lowest BCUT2D eigenvalue weighted by molar-refractivity contribution is -0.135. The molecule has 0 aromatic heterocycles. The highest BCUT2D eigenvalue weighted by Gasteiger charge is 2.26. The maximum absolute atomic E-state index is 11.7. The van der Waals surface area contributed by atoms with Gasteiger partial charge in [0.2, 0.25) is 11.8 Å². The first-order valence-corrected chi connectivity index (χ1v) is 6.44. The van der Waals surface area contributed by atoms with Gasteiger partial charge in [-0.3, -0.25) is 9.59 Å². The molecule has 1 aliphatic rings. The van der Waals surface area contributed by atoms with Gasteiger partial charge < -0.3 is 16.0 Å². The van der Waals surface area contributed by atoms with E-state index in [1.807, 2.05) is 11.8 Å². The fraction of sp³-hybridized carbons (Fsp3) is 0.833. The van der Waals surface area contributed by atoms with Gasteiger partial charge in [-0.25, -0.2) is 0 Å². The molecule has 0 atom stereocenters. The molecule has 0 unspecified atom stereocenters. The third-order valence-electron chi connectivity index (χ3n) is 3.16. The monoisotopic (exact) mass is 241 g/mol. The summed E-state index contributed by atoms with van der Waals surface area (Å²) in [4.78, 5) is 25.2. The van der Waals surface area contributed by atoms with Crippen molar-refractivity contribution >= 4 is 11.8 Å². The predicted octanol–water partition coefficient (Wildman–Crippen LogP) is 0.100. The number of carbonyl (C=O) groups is 2. The summed E-state index contributed by atoms with van der Waals surface area (Å²) in [5.74, 6) is 0.375. The molecular formula is C12H23N3O2. The fourth-order valence-electron chi connectivity index (χ4n) is 2.12. The minimum atomic E-state index is 0.0773. The molecule has 98 valence electrons. The lowest BCUT2D eigenvalue weighted by Gasteiger charge is -2.31. The number of rotatable bonds is 5. The van der Waals surface area contributed by atoms with Crippen LogP contribution in [0, 0.1) is 5.92 Å². The third-order valence-corrected chi connectivity index (χ3v) is 3.16. The SMILES string of the molecule is CCNC(=O)C1CCN(C(=O)CCCN)CC1. The zero-order valence-electron chi connectivity index (χ0n) is 10.6. The van der Waals surface area contributed by atoms with Gasteiger partial charge in [-0.05, 0) is 32.7 Å². The Morgan fingerprint density at radius 3 is 2.53 bits per heavy atom. The molecule has 0 aliphatic carbocycles. The largest absolute Gasteiger partial charge is 0.356 e. The summed E-state index contributed by atoms with van der Waals surface area (Å²) in [5.41, 5.74) is 5.38. The first-order valence-electron chi connectivity index (χ1n) is 6.44. The number of nitrogens with one attached hydrogen (secondary N) is 1. The van der Waals surface area contributed by atoms with Gasteiger partial charge in [0.1, 0.15) is 0 Å². The van der Waals surface area contributed by atoms with E-state index < -0.39 is 0 Å². The molecule has 3 N–H and O–H groups in total. The molecule has 0 bridgehead atoms. The van der Waals surface area contributed by atoms with E-state index in [2.05, 4.69) is 5.32 Å². The van der Waals surface area contributed by atoms with Crippen molar-refractivity contribution in [2.24, 2.45) is 11.7 Å². The summed E-state index contributed by atoms with van der Waals surface area (Å²) in [7, 11) is 0. The van der Waals surface area contributed by atoms with E-state index in [-0.39, 0.29) is 17.7 Å². The van der Waals surface area contributed by atoms with E-state index in [1.165, 1.54) is 0 Å². The van der Waals surface area contributed by atoms with Crippen LogP contribution >= 0.6 is 0 Å². The molecule has 1 fully saturated rings. The van der Waals surface area contributed by atoms with Crippen LogP contribution < -0.4 is 11.1 Å². The molecule has 1 aliphatic heterocycles. The molecule has 0 aromatic carbocycles. The van der Waals surface area contributed by atoms with Gasteiger partial charge in [-0.1, -0.05) is 0 Å². The van der Waals surface area contributed by atoms with E-state index in [0.717, 1.165) is 19.3 Å². The molecule has 17 heavy (non-hydrogen) atoms. The topological polar surface area (TPSA) is 75.4 Å². The number of amides is 2. The van der Waals surface area contributed by atoms with Crippen LogP contribution in [0.15, 0.2) is 0 Å². The van der Waals surface area contributed by atoms with E-state index in [1.54, 1.807) is 0 Å². The van der Waals surface area contributed by atoms with Crippen molar-refractivity contribution < 1.29 is 9.59 Å². The smallest absolute Gasteiger partial charge is 0.223 e. The Labute approximate surface area is 103 Å².